The standard InChI is InChI=1S/C17H25N3O2/c1-12(10-17(5-7-21)4-6-18-11-17)8-13-2-3-14-15(9-13)20-16(22)19-14/h2-3,9,12,18,21H,4-8,10-11H2,1H3,(H2,19,20,22)/t12-,17?/m0/s1. The first-order valence-electron chi connectivity index (χ1n) is 8.13. The van der Waals surface area contributed by atoms with Crippen LogP contribution in [0.25, 0.3) is 11.0 Å². The number of fused-ring (bicyclic) bond motifs is 1. The summed E-state index contributed by atoms with van der Waals surface area (Å²) in [5, 5.41) is 12.8. The predicted molar refractivity (Wildman–Crippen MR) is 88.0 cm³/mol. The predicted octanol–water partition coefficient (Wildman–Crippen LogP) is 1.79. The molecule has 1 aromatic heterocycles. The van der Waals surface area contributed by atoms with E-state index in [9.17, 15) is 9.90 Å². The Hall–Kier alpha value is -1.59. The van der Waals surface area contributed by atoms with Crippen molar-refractivity contribution in [2.45, 2.75) is 32.6 Å². The average Bonchev–Trinajstić information content (AvgIpc) is 3.04. The molecule has 22 heavy (non-hydrogen) atoms. The van der Waals surface area contributed by atoms with Crippen molar-refractivity contribution in [2.75, 3.05) is 19.7 Å². The number of imidazole rings is 1. The van der Waals surface area contributed by atoms with Gasteiger partial charge in [-0.15, -0.1) is 0 Å². The molecule has 2 atom stereocenters. The minimum Gasteiger partial charge on any atom is -0.396 e. The lowest BCUT2D eigenvalue weighted by Crippen LogP contribution is -2.28. The second-order valence-corrected chi connectivity index (χ2v) is 6.87. The van der Waals surface area contributed by atoms with E-state index in [1.165, 1.54) is 5.56 Å². The Labute approximate surface area is 130 Å². The van der Waals surface area contributed by atoms with Gasteiger partial charge in [-0.05, 0) is 61.3 Å². The molecule has 4 N–H and O–H groups in total. The first-order chi connectivity index (χ1) is 10.6. The summed E-state index contributed by atoms with van der Waals surface area (Å²) in [5.74, 6) is 0.551. The van der Waals surface area contributed by atoms with E-state index in [-0.39, 0.29) is 17.7 Å². The van der Waals surface area contributed by atoms with Gasteiger partial charge < -0.3 is 20.4 Å². The Morgan fingerprint density at radius 3 is 2.86 bits per heavy atom. The van der Waals surface area contributed by atoms with Gasteiger partial charge in [0.05, 0.1) is 11.0 Å². The van der Waals surface area contributed by atoms with Gasteiger partial charge in [-0.1, -0.05) is 13.0 Å². The maximum absolute atomic E-state index is 11.3. The van der Waals surface area contributed by atoms with Crippen LogP contribution in [0, 0.1) is 11.3 Å². The second kappa shape index (κ2) is 6.26. The molecule has 1 aromatic carbocycles. The Bertz CT molecular complexity index is 683. The quantitative estimate of drug-likeness (QED) is 0.657. The van der Waals surface area contributed by atoms with Crippen LogP contribution in [0.1, 0.15) is 31.7 Å². The molecular formula is C17H25N3O2. The third kappa shape index (κ3) is 3.25. The van der Waals surface area contributed by atoms with Crippen LogP contribution in [0.2, 0.25) is 0 Å². The SMILES string of the molecule is C[C@@H](Cc1ccc2[nH]c(=O)[nH]c2c1)CC1(CCO)CCNC1. The van der Waals surface area contributed by atoms with Crippen molar-refractivity contribution in [3.8, 4) is 0 Å². The molecule has 1 saturated heterocycles. The van der Waals surface area contributed by atoms with E-state index < -0.39 is 0 Å². The van der Waals surface area contributed by atoms with Gasteiger partial charge in [-0.3, -0.25) is 0 Å². The molecule has 1 aliphatic rings. The molecular weight excluding hydrogens is 278 g/mol. The first-order valence-corrected chi connectivity index (χ1v) is 8.13. The highest BCUT2D eigenvalue weighted by Gasteiger charge is 2.34. The normalized spacial score (nSPS) is 23.2. The lowest BCUT2D eigenvalue weighted by Gasteiger charge is -2.30. The largest absolute Gasteiger partial charge is 0.396 e. The number of benzene rings is 1. The molecule has 120 valence electrons. The van der Waals surface area contributed by atoms with E-state index in [1.807, 2.05) is 6.07 Å². The van der Waals surface area contributed by atoms with Crippen molar-refractivity contribution in [3.63, 3.8) is 0 Å². The lowest BCUT2D eigenvalue weighted by molar-refractivity contribution is 0.166. The van der Waals surface area contributed by atoms with Gasteiger partial charge in [0.25, 0.3) is 0 Å². The van der Waals surface area contributed by atoms with Gasteiger partial charge >= 0.3 is 5.69 Å². The Morgan fingerprint density at radius 2 is 2.14 bits per heavy atom. The molecule has 2 heterocycles. The van der Waals surface area contributed by atoms with Gasteiger partial charge in [-0.25, -0.2) is 4.79 Å². The van der Waals surface area contributed by atoms with E-state index in [1.54, 1.807) is 0 Å². The van der Waals surface area contributed by atoms with Crippen LogP contribution in [-0.2, 0) is 6.42 Å². The second-order valence-electron chi connectivity index (χ2n) is 6.87. The number of H-pyrrole nitrogens is 2. The third-order valence-corrected chi connectivity index (χ3v) is 4.92. The van der Waals surface area contributed by atoms with E-state index in [4.69, 9.17) is 0 Å². The van der Waals surface area contributed by atoms with E-state index in [2.05, 4.69) is 34.3 Å². The highest BCUT2D eigenvalue weighted by molar-refractivity contribution is 5.74. The van der Waals surface area contributed by atoms with Gasteiger partial charge in [-0.2, -0.15) is 0 Å². The van der Waals surface area contributed by atoms with Gasteiger partial charge in [0.1, 0.15) is 0 Å². The van der Waals surface area contributed by atoms with Crippen molar-refractivity contribution in [1.82, 2.24) is 15.3 Å². The topological polar surface area (TPSA) is 80.9 Å². The molecule has 0 bridgehead atoms. The van der Waals surface area contributed by atoms with Crippen LogP contribution in [-0.4, -0.2) is 34.8 Å². The number of aromatic amines is 2. The number of nitrogens with one attached hydrogen (secondary N) is 3. The van der Waals surface area contributed by atoms with E-state index >= 15 is 0 Å². The zero-order valence-corrected chi connectivity index (χ0v) is 13.1. The van der Waals surface area contributed by atoms with Crippen LogP contribution in [0.15, 0.2) is 23.0 Å². The molecule has 5 nitrogen and oxygen atoms in total. The van der Waals surface area contributed by atoms with Crippen LogP contribution < -0.4 is 11.0 Å². The summed E-state index contributed by atoms with van der Waals surface area (Å²) in [7, 11) is 0. The van der Waals surface area contributed by atoms with Crippen LogP contribution in [0.4, 0.5) is 0 Å². The number of aromatic nitrogens is 2. The monoisotopic (exact) mass is 303 g/mol. The van der Waals surface area contributed by atoms with Crippen LogP contribution in [0.3, 0.4) is 0 Å². The van der Waals surface area contributed by atoms with Crippen molar-refractivity contribution in [2.24, 2.45) is 11.3 Å². The molecule has 0 radical (unpaired) electrons. The highest BCUT2D eigenvalue weighted by Crippen LogP contribution is 2.37. The van der Waals surface area contributed by atoms with Crippen molar-refractivity contribution in [3.05, 3.63) is 34.2 Å². The summed E-state index contributed by atoms with van der Waals surface area (Å²) in [5.41, 5.74) is 3.08. The van der Waals surface area contributed by atoms with E-state index in [0.717, 1.165) is 49.8 Å². The smallest absolute Gasteiger partial charge is 0.323 e. The first kappa shape index (κ1) is 15.3. The molecule has 1 fully saturated rings. The van der Waals surface area contributed by atoms with Gasteiger partial charge in [0.15, 0.2) is 0 Å². The van der Waals surface area contributed by atoms with E-state index in [0.29, 0.717) is 5.92 Å². The van der Waals surface area contributed by atoms with Gasteiger partial charge in [0.2, 0.25) is 0 Å². The Morgan fingerprint density at radius 1 is 1.32 bits per heavy atom. The van der Waals surface area contributed by atoms with Gasteiger partial charge in [0, 0.05) is 13.2 Å². The maximum atomic E-state index is 11.3. The molecule has 0 saturated carbocycles. The molecule has 2 aromatic rings. The number of aliphatic hydroxyl groups excluding tert-OH is 1. The van der Waals surface area contributed by atoms with Crippen molar-refractivity contribution < 1.29 is 5.11 Å². The molecule has 5 heteroatoms. The minimum atomic E-state index is -0.154. The molecule has 0 spiro atoms. The average molecular weight is 303 g/mol. The summed E-state index contributed by atoms with van der Waals surface area (Å²) < 4.78 is 0. The molecule has 0 aliphatic carbocycles. The van der Waals surface area contributed by atoms with Crippen LogP contribution >= 0.6 is 0 Å². The summed E-state index contributed by atoms with van der Waals surface area (Å²) in [6, 6.07) is 6.12. The summed E-state index contributed by atoms with van der Waals surface area (Å²) >= 11 is 0. The van der Waals surface area contributed by atoms with Crippen LogP contribution in [0.5, 0.6) is 0 Å². The Kier molecular flexibility index (Phi) is 4.36. The molecule has 0 amide bonds. The third-order valence-electron chi connectivity index (χ3n) is 4.92. The maximum Gasteiger partial charge on any atom is 0.323 e. The fourth-order valence-corrected chi connectivity index (χ4v) is 3.94. The number of aliphatic hydroxyl groups is 1. The fourth-order valence-electron chi connectivity index (χ4n) is 3.94. The minimum absolute atomic E-state index is 0.154. The molecule has 1 aliphatic heterocycles. The molecule has 1 unspecified atom stereocenters. The Balaban J connectivity index is 1.69. The van der Waals surface area contributed by atoms with Crippen molar-refractivity contribution >= 4 is 11.0 Å². The number of hydrogen-bond acceptors (Lipinski definition) is 3. The highest BCUT2D eigenvalue weighted by atomic mass is 16.3. The van der Waals surface area contributed by atoms with Crippen molar-refractivity contribution in [1.29, 1.82) is 0 Å². The lowest BCUT2D eigenvalue weighted by atomic mass is 9.75. The summed E-state index contributed by atoms with van der Waals surface area (Å²) in [6.07, 6.45) is 4.16. The fraction of sp³-hybridized carbons (Fsp3) is 0.588. The number of rotatable bonds is 6. The zero-order chi connectivity index (χ0) is 15.6. The summed E-state index contributed by atoms with van der Waals surface area (Å²) in [6.45, 7) is 4.62. The number of hydrogen-bond donors (Lipinski definition) is 4. The summed E-state index contributed by atoms with van der Waals surface area (Å²) in [4.78, 5) is 16.9. The molecule has 3 rings (SSSR count). The zero-order valence-electron chi connectivity index (χ0n) is 13.1.